The Kier molecular flexibility index (Phi) is 11.3. The number of benzene rings is 3. The number of nitrogens with zero attached hydrogens (tertiary/aromatic N) is 1. The molecule has 0 spiro atoms. The van der Waals surface area contributed by atoms with Crippen LogP contribution in [-0.2, 0) is 29.0 Å². The van der Waals surface area contributed by atoms with Crippen LogP contribution in [-0.4, -0.2) is 43.0 Å². The van der Waals surface area contributed by atoms with Gasteiger partial charge in [-0.15, -0.1) is 0 Å². The van der Waals surface area contributed by atoms with Gasteiger partial charge in [0.25, 0.3) is 0 Å². The van der Waals surface area contributed by atoms with Gasteiger partial charge in [0, 0.05) is 36.5 Å². The highest BCUT2D eigenvalue weighted by Gasteiger charge is 2.30. The molecule has 1 N–H and O–H groups in total. The summed E-state index contributed by atoms with van der Waals surface area (Å²) in [5.74, 6) is 0.918. The predicted molar refractivity (Wildman–Crippen MR) is 152 cm³/mol. The fraction of sp³-hybridized carbons (Fsp3) is 0.333. The van der Waals surface area contributed by atoms with E-state index in [4.69, 9.17) is 32.7 Å². The number of carbonyl (C=O) groups excluding carboxylic acids is 2. The number of likely N-dealkylation sites (N-methyl/N-ethyl adjacent to an activating group) is 1. The SMILES string of the molecule is CCOc1ccc(CCC(=O)N(Cc2ccc(Cl)cc2Cl)[C@H](Cc2ccccc2)C(=O)NC)cc1OCC. The Labute approximate surface area is 234 Å². The summed E-state index contributed by atoms with van der Waals surface area (Å²) in [6, 6.07) is 19.8. The second kappa shape index (κ2) is 14.6. The number of hydrogen-bond donors (Lipinski definition) is 1. The van der Waals surface area contributed by atoms with E-state index in [1.807, 2.05) is 62.4 Å². The lowest BCUT2D eigenvalue weighted by atomic mass is 10.0. The van der Waals surface area contributed by atoms with E-state index in [1.54, 1.807) is 30.1 Å². The molecule has 8 heteroatoms. The molecule has 0 radical (unpaired) electrons. The molecule has 0 aromatic heterocycles. The lowest BCUT2D eigenvalue weighted by Gasteiger charge is -2.31. The molecule has 0 bridgehead atoms. The molecular weight excluding hydrogens is 523 g/mol. The van der Waals surface area contributed by atoms with Gasteiger partial charge in [0.1, 0.15) is 6.04 Å². The summed E-state index contributed by atoms with van der Waals surface area (Å²) in [6.07, 6.45) is 1.05. The van der Waals surface area contributed by atoms with Crippen LogP contribution in [0.4, 0.5) is 0 Å². The number of ether oxygens (including phenoxy) is 2. The first-order valence-corrected chi connectivity index (χ1v) is 13.5. The van der Waals surface area contributed by atoms with Crippen molar-refractivity contribution in [3.05, 3.63) is 93.5 Å². The topological polar surface area (TPSA) is 67.9 Å². The molecule has 0 saturated heterocycles. The van der Waals surface area contributed by atoms with E-state index in [-0.39, 0.29) is 24.8 Å². The summed E-state index contributed by atoms with van der Waals surface area (Å²) < 4.78 is 11.4. The van der Waals surface area contributed by atoms with Gasteiger partial charge in [-0.3, -0.25) is 9.59 Å². The number of aryl methyl sites for hydroxylation is 1. The minimum Gasteiger partial charge on any atom is -0.490 e. The van der Waals surface area contributed by atoms with Crippen molar-refractivity contribution in [1.82, 2.24) is 10.2 Å². The summed E-state index contributed by atoms with van der Waals surface area (Å²) in [7, 11) is 1.58. The number of carbonyl (C=O) groups is 2. The second-order valence-corrected chi connectivity index (χ2v) is 9.57. The van der Waals surface area contributed by atoms with Crippen molar-refractivity contribution in [2.45, 2.75) is 45.7 Å². The van der Waals surface area contributed by atoms with Crippen LogP contribution in [0.5, 0.6) is 11.5 Å². The van der Waals surface area contributed by atoms with Crippen LogP contribution >= 0.6 is 23.2 Å². The standard InChI is InChI=1S/C30H34Cl2N2O4/c1-4-37-27-15-11-22(18-28(27)38-5-2)12-16-29(35)34(20-23-13-14-24(31)19-25(23)32)26(30(36)33-3)17-21-9-7-6-8-10-21/h6-11,13-15,18-19,26H,4-5,12,16-17,20H2,1-3H3,(H,33,36)/t26-/m1/s1. The summed E-state index contributed by atoms with van der Waals surface area (Å²) in [6.45, 7) is 5.04. The normalized spacial score (nSPS) is 11.5. The van der Waals surface area contributed by atoms with Crippen molar-refractivity contribution in [3.8, 4) is 11.5 Å². The van der Waals surface area contributed by atoms with Gasteiger partial charge in [0.15, 0.2) is 11.5 Å². The van der Waals surface area contributed by atoms with Gasteiger partial charge < -0.3 is 19.7 Å². The molecule has 3 rings (SSSR count). The molecule has 0 aliphatic rings. The fourth-order valence-corrected chi connectivity index (χ4v) is 4.67. The molecule has 0 aliphatic heterocycles. The average Bonchev–Trinajstić information content (AvgIpc) is 2.92. The quantitative estimate of drug-likeness (QED) is 0.276. The average molecular weight is 558 g/mol. The van der Waals surface area contributed by atoms with Crippen molar-refractivity contribution < 1.29 is 19.1 Å². The first kappa shape index (κ1) is 29.3. The zero-order valence-electron chi connectivity index (χ0n) is 22.0. The first-order chi connectivity index (χ1) is 18.4. The van der Waals surface area contributed by atoms with E-state index in [9.17, 15) is 9.59 Å². The van der Waals surface area contributed by atoms with E-state index >= 15 is 0 Å². The summed E-state index contributed by atoms with van der Waals surface area (Å²) in [5.41, 5.74) is 2.61. The van der Waals surface area contributed by atoms with E-state index in [0.717, 1.165) is 11.1 Å². The van der Waals surface area contributed by atoms with Crippen molar-refractivity contribution in [3.63, 3.8) is 0 Å². The number of nitrogens with one attached hydrogen (secondary N) is 1. The van der Waals surface area contributed by atoms with Crippen LogP contribution < -0.4 is 14.8 Å². The molecule has 1 atom stereocenters. The monoisotopic (exact) mass is 556 g/mol. The third kappa shape index (κ3) is 8.14. The number of rotatable bonds is 13. The van der Waals surface area contributed by atoms with Crippen molar-refractivity contribution >= 4 is 35.0 Å². The minimum atomic E-state index is -0.721. The van der Waals surface area contributed by atoms with Crippen LogP contribution in [0.2, 0.25) is 10.0 Å². The van der Waals surface area contributed by atoms with E-state index < -0.39 is 6.04 Å². The van der Waals surface area contributed by atoms with Gasteiger partial charge >= 0.3 is 0 Å². The van der Waals surface area contributed by atoms with Gasteiger partial charge in [-0.05, 0) is 61.2 Å². The molecule has 202 valence electrons. The lowest BCUT2D eigenvalue weighted by Crippen LogP contribution is -2.49. The van der Waals surface area contributed by atoms with E-state index in [1.165, 1.54) is 0 Å². The predicted octanol–water partition coefficient (Wildman–Crippen LogP) is 6.11. The number of hydrogen-bond acceptors (Lipinski definition) is 4. The fourth-order valence-electron chi connectivity index (χ4n) is 4.20. The summed E-state index contributed by atoms with van der Waals surface area (Å²) in [4.78, 5) is 28.5. The largest absolute Gasteiger partial charge is 0.490 e. The number of amides is 2. The molecule has 0 saturated carbocycles. The van der Waals surface area contributed by atoms with Crippen LogP contribution in [0, 0.1) is 0 Å². The zero-order chi connectivity index (χ0) is 27.5. The summed E-state index contributed by atoms with van der Waals surface area (Å²) in [5, 5.41) is 3.67. The second-order valence-electron chi connectivity index (χ2n) is 8.72. The van der Waals surface area contributed by atoms with Crippen LogP contribution in [0.3, 0.4) is 0 Å². The maximum atomic E-state index is 13.8. The minimum absolute atomic E-state index is 0.160. The highest BCUT2D eigenvalue weighted by Crippen LogP contribution is 2.29. The molecule has 0 aliphatic carbocycles. The maximum Gasteiger partial charge on any atom is 0.242 e. The van der Waals surface area contributed by atoms with Crippen LogP contribution in [0.15, 0.2) is 66.7 Å². The van der Waals surface area contributed by atoms with Crippen LogP contribution in [0.25, 0.3) is 0 Å². The van der Waals surface area contributed by atoms with Crippen molar-refractivity contribution in [2.24, 2.45) is 0 Å². The molecule has 38 heavy (non-hydrogen) atoms. The third-order valence-electron chi connectivity index (χ3n) is 6.11. The third-order valence-corrected chi connectivity index (χ3v) is 6.70. The Balaban J connectivity index is 1.89. The van der Waals surface area contributed by atoms with Gasteiger partial charge in [0.2, 0.25) is 11.8 Å². The molecule has 6 nitrogen and oxygen atoms in total. The molecule has 0 heterocycles. The Morgan fingerprint density at radius 2 is 1.61 bits per heavy atom. The Morgan fingerprint density at radius 1 is 0.895 bits per heavy atom. The molecule has 3 aromatic rings. The van der Waals surface area contributed by atoms with E-state index in [2.05, 4.69) is 5.32 Å². The van der Waals surface area contributed by atoms with Gasteiger partial charge in [0.05, 0.1) is 13.2 Å². The molecule has 2 amide bonds. The highest BCUT2D eigenvalue weighted by atomic mass is 35.5. The van der Waals surface area contributed by atoms with Crippen molar-refractivity contribution in [2.75, 3.05) is 20.3 Å². The molecule has 3 aromatic carbocycles. The highest BCUT2D eigenvalue weighted by molar-refractivity contribution is 6.35. The van der Waals surface area contributed by atoms with Gasteiger partial charge in [-0.1, -0.05) is 65.7 Å². The molecule has 0 fully saturated rings. The Bertz CT molecular complexity index is 1220. The van der Waals surface area contributed by atoms with Gasteiger partial charge in [-0.25, -0.2) is 0 Å². The van der Waals surface area contributed by atoms with Gasteiger partial charge in [-0.2, -0.15) is 0 Å². The molecule has 0 unspecified atom stereocenters. The molecular formula is C30H34Cl2N2O4. The zero-order valence-corrected chi connectivity index (χ0v) is 23.5. The number of halogens is 2. The lowest BCUT2D eigenvalue weighted by molar-refractivity contribution is -0.141. The maximum absolute atomic E-state index is 13.8. The van der Waals surface area contributed by atoms with E-state index in [0.29, 0.717) is 53.2 Å². The first-order valence-electron chi connectivity index (χ1n) is 12.7. The smallest absolute Gasteiger partial charge is 0.242 e. The Hall–Kier alpha value is -3.22. The van der Waals surface area contributed by atoms with Crippen molar-refractivity contribution in [1.29, 1.82) is 0 Å². The van der Waals surface area contributed by atoms with Crippen LogP contribution in [0.1, 0.15) is 37.0 Å². The summed E-state index contributed by atoms with van der Waals surface area (Å²) >= 11 is 12.6. The Morgan fingerprint density at radius 3 is 2.26 bits per heavy atom.